The van der Waals surface area contributed by atoms with E-state index in [0.717, 1.165) is 19.3 Å². The Bertz CT molecular complexity index is 589. The van der Waals surface area contributed by atoms with Gasteiger partial charge in [-0.15, -0.1) is 11.8 Å². The average Bonchev–Trinajstić information content (AvgIpc) is 2.74. The Kier molecular flexibility index (Phi) is 20.5. The standard InChI is InChI=1S/C26H54NO5PS2/c1-8-10-11-12-13-14-15-16-17-18-19-20-25(9-2)35-26(23(3)31-24(4)28)32-33(29,34)30-22-21-27(5,6)7/h23,25-26H,8-22H2,1-7H3/t23?,25-,26?,33?/m0/s1. The van der Waals surface area contributed by atoms with E-state index in [1.54, 1.807) is 18.7 Å². The molecule has 0 aliphatic rings. The molecule has 35 heavy (non-hydrogen) atoms. The molecular formula is C26H54NO5PS2. The van der Waals surface area contributed by atoms with Crippen LogP contribution in [0.1, 0.15) is 111 Å². The molecule has 0 N–H and O–H groups in total. The van der Waals surface area contributed by atoms with Gasteiger partial charge >= 0.3 is 5.97 Å². The van der Waals surface area contributed by atoms with Crippen molar-refractivity contribution < 1.29 is 28.0 Å². The fourth-order valence-electron chi connectivity index (χ4n) is 3.72. The minimum absolute atomic E-state index is 0.250. The Hall–Kier alpha value is 0.310. The van der Waals surface area contributed by atoms with Gasteiger partial charge in [-0.05, 0) is 19.8 Å². The molecule has 0 bridgehead atoms. The van der Waals surface area contributed by atoms with E-state index in [1.165, 1.54) is 71.1 Å². The van der Waals surface area contributed by atoms with Crippen molar-refractivity contribution in [3.8, 4) is 0 Å². The van der Waals surface area contributed by atoms with Gasteiger partial charge in [0.15, 0.2) is 0 Å². The van der Waals surface area contributed by atoms with Crippen LogP contribution >= 0.6 is 18.5 Å². The average molecular weight is 556 g/mol. The lowest BCUT2D eigenvalue weighted by Gasteiger charge is -2.36. The summed E-state index contributed by atoms with van der Waals surface area (Å²) >= 11 is 6.73. The number of ether oxygens (including phenoxy) is 1. The van der Waals surface area contributed by atoms with E-state index in [4.69, 9.17) is 25.6 Å². The molecule has 210 valence electrons. The fraction of sp³-hybridized carbons (Fsp3) is 0.962. The summed E-state index contributed by atoms with van der Waals surface area (Å²) in [5.74, 6) is -0.393. The van der Waals surface area contributed by atoms with E-state index in [0.29, 0.717) is 16.3 Å². The van der Waals surface area contributed by atoms with Crippen LogP contribution in [-0.2, 0) is 30.4 Å². The molecular weight excluding hydrogens is 501 g/mol. The van der Waals surface area contributed by atoms with Crippen molar-refractivity contribution in [2.45, 2.75) is 128 Å². The van der Waals surface area contributed by atoms with Crippen molar-refractivity contribution >= 4 is 36.3 Å². The van der Waals surface area contributed by atoms with Crippen molar-refractivity contribution in [1.82, 2.24) is 0 Å². The third-order valence-electron chi connectivity index (χ3n) is 5.89. The predicted molar refractivity (Wildman–Crippen MR) is 152 cm³/mol. The first-order valence-corrected chi connectivity index (χ1v) is 17.2. The van der Waals surface area contributed by atoms with Crippen molar-refractivity contribution in [2.75, 3.05) is 34.3 Å². The van der Waals surface area contributed by atoms with Gasteiger partial charge in [0.05, 0.1) is 21.1 Å². The van der Waals surface area contributed by atoms with Gasteiger partial charge in [-0.2, -0.15) is 0 Å². The number of esters is 1. The van der Waals surface area contributed by atoms with Crippen LogP contribution in [-0.4, -0.2) is 61.5 Å². The topological polar surface area (TPSA) is 67.8 Å². The lowest BCUT2D eigenvalue weighted by Crippen LogP contribution is -2.38. The van der Waals surface area contributed by atoms with Crippen LogP contribution in [0.5, 0.6) is 0 Å². The summed E-state index contributed by atoms with van der Waals surface area (Å²) < 4.78 is 17.3. The highest BCUT2D eigenvalue weighted by Gasteiger charge is 2.28. The number of hydrogen-bond acceptors (Lipinski definition) is 7. The van der Waals surface area contributed by atoms with Gasteiger partial charge in [-0.1, -0.05) is 96.3 Å². The van der Waals surface area contributed by atoms with Crippen molar-refractivity contribution in [2.24, 2.45) is 0 Å². The molecule has 4 atom stereocenters. The number of likely N-dealkylation sites (N-methyl/N-ethyl adjacent to an activating group) is 1. The summed E-state index contributed by atoms with van der Waals surface area (Å²) in [7, 11) is 6.08. The third kappa shape index (κ3) is 22.0. The fourth-order valence-corrected chi connectivity index (χ4v) is 6.86. The predicted octanol–water partition coefficient (Wildman–Crippen LogP) is 6.80. The molecule has 0 aromatic rings. The zero-order chi connectivity index (χ0) is 26.7. The van der Waals surface area contributed by atoms with E-state index >= 15 is 0 Å². The highest BCUT2D eigenvalue weighted by molar-refractivity contribution is 8.07. The van der Waals surface area contributed by atoms with E-state index in [1.807, 2.05) is 21.1 Å². The molecule has 0 aliphatic carbocycles. The quantitative estimate of drug-likeness (QED) is 0.0451. The van der Waals surface area contributed by atoms with Crippen LogP contribution in [0.15, 0.2) is 0 Å². The molecule has 0 aliphatic heterocycles. The Balaban J connectivity index is 4.53. The molecule has 0 saturated heterocycles. The van der Waals surface area contributed by atoms with Crippen LogP contribution in [0.2, 0.25) is 0 Å². The van der Waals surface area contributed by atoms with Crippen LogP contribution in [0.3, 0.4) is 0 Å². The van der Waals surface area contributed by atoms with Gasteiger partial charge < -0.3 is 23.2 Å². The first kappa shape index (κ1) is 35.3. The maximum absolute atomic E-state index is 12.8. The molecule has 0 fully saturated rings. The molecule has 3 unspecified atom stereocenters. The zero-order valence-electron chi connectivity index (χ0n) is 23.6. The lowest BCUT2D eigenvalue weighted by molar-refractivity contribution is -0.870. The third-order valence-corrected chi connectivity index (χ3v) is 9.29. The number of carbonyl (C=O) groups excluding carboxylic acids is 1. The minimum atomic E-state index is -3.69. The Morgan fingerprint density at radius 2 is 1.49 bits per heavy atom. The molecule has 0 amide bonds. The van der Waals surface area contributed by atoms with Crippen LogP contribution in [0.25, 0.3) is 0 Å². The largest absolute Gasteiger partial charge is 0.780 e. The smallest absolute Gasteiger partial charge is 0.303 e. The number of thioether (sulfide) groups is 1. The summed E-state index contributed by atoms with van der Waals surface area (Å²) in [5, 5.41) is 0.317. The molecule has 6 nitrogen and oxygen atoms in total. The van der Waals surface area contributed by atoms with Gasteiger partial charge in [0, 0.05) is 12.2 Å². The number of quaternary nitrogens is 1. The van der Waals surface area contributed by atoms with Crippen molar-refractivity contribution in [3.05, 3.63) is 0 Å². The van der Waals surface area contributed by atoms with E-state index in [-0.39, 0.29) is 6.61 Å². The maximum atomic E-state index is 12.8. The van der Waals surface area contributed by atoms with E-state index < -0.39 is 24.2 Å². The molecule has 0 heterocycles. The number of hydrogen-bond donors (Lipinski definition) is 0. The molecule has 0 rings (SSSR count). The Labute approximate surface area is 226 Å². The van der Waals surface area contributed by atoms with E-state index in [9.17, 15) is 9.69 Å². The van der Waals surface area contributed by atoms with Gasteiger partial charge in [0.25, 0.3) is 0 Å². The van der Waals surface area contributed by atoms with Gasteiger partial charge in [-0.3, -0.25) is 4.79 Å². The van der Waals surface area contributed by atoms with Crippen LogP contribution in [0.4, 0.5) is 0 Å². The monoisotopic (exact) mass is 555 g/mol. The lowest BCUT2D eigenvalue weighted by atomic mass is 10.0. The number of rotatable bonds is 23. The summed E-state index contributed by atoms with van der Waals surface area (Å²) in [5.41, 5.74) is -0.621. The normalized spacial score (nSPS) is 16.5. The highest BCUT2D eigenvalue weighted by Crippen LogP contribution is 2.45. The van der Waals surface area contributed by atoms with Gasteiger partial charge in [-0.25, -0.2) is 0 Å². The van der Waals surface area contributed by atoms with Crippen molar-refractivity contribution in [3.63, 3.8) is 0 Å². The molecule has 0 saturated carbocycles. The highest BCUT2D eigenvalue weighted by atomic mass is 32.5. The minimum Gasteiger partial charge on any atom is -0.780 e. The molecule has 9 heteroatoms. The van der Waals surface area contributed by atoms with Gasteiger partial charge in [0.2, 0.25) is 0 Å². The van der Waals surface area contributed by atoms with E-state index in [2.05, 4.69) is 13.8 Å². The summed E-state index contributed by atoms with van der Waals surface area (Å²) in [6.07, 6.45) is 16.0. The second-order valence-electron chi connectivity index (χ2n) is 10.6. The SMILES string of the molecule is CCCCCCCCCCCCC[C@H](CC)SC(OP([O-])(=S)OCC[N+](C)(C)C)C(C)OC(C)=O. The Morgan fingerprint density at radius 3 is 1.94 bits per heavy atom. The Morgan fingerprint density at radius 1 is 0.971 bits per heavy atom. The molecule has 0 radical (unpaired) electrons. The summed E-state index contributed by atoms with van der Waals surface area (Å²) in [6, 6.07) is 0. The zero-order valence-corrected chi connectivity index (χ0v) is 26.1. The maximum Gasteiger partial charge on any atom is 0.303 e. The number of nitrogens with zero attached hydrogens (tertiary/aromatic N) is 1. The summed E-state index contributed by atoms with van der Waals surface area (Å²) in [6.45, 7) is 4.75. The van der Waals surface area contributed by atoms with Crippen LogP contribution in [0, 0.1) is 0 Å². The van der Waals surface area contributed by atoms with Gasteiger partial charge in [0.1, 0.15) is 31.4 Å². The second-order valence-corrected chi connectivity index (χ2v) is 14.7. The molecule has 0 spiro atoms. The second kappa shape index (κ2) is 20.3. The first-order valence-electron chi connectivity index (χ1n) is 13.7. The number of carbonyl (C=O) groups is 1. The molecule has 0 aromatic heterocycles. The van der Waals surface area contributed by atoms with Crippen LogP contribution < -0.4 is 4.89 Å². The summed E-state index contributed by atoms with van der Waals surface area (Å²) in [4.78, 5) is 24.4. The van der Waals surface area contributed by atoms with Crippen molar-refractivity contribution in [1.29, 1.82) is 0 Å². The number of unbranched alkanes of at least 4 members (excludes halogenated alkanes) is 10. The first-order chi connectivity index (χ1) is 16.4. The molecule has 0 aromatic carbocycles.